The lowest BCUT2D eigenvalue weighted by Gasteiger charge is -2.16. The van der Waals surface area contributed by atoms with Gasteiger partial charge in [-0.25, -0.2) is 4.98 Å². The molecule has 0 aliphatic carbocycles. The minimum atomic E-state index is 0.166. The van der Waals surface area contributed by atoms with E-state index in [-0.39, 0.29) is 6.04 Å². The zero-order valence-electron chi connectivity index (χ0n) is 11.8. The second kappa shape index (κ2) is 6.43. The first kappa shape index (κ1) is 13.7. The molecule has 5 heteroatoms. The first-order valence-corrected chi connectivity index (χ1v) is 6.71. The van der Waals surface area contributed by atoms with Gasteiger partial charge in [0.15, 0.2) is 0 Å². The van der Waals surface area contributed by atoms with Crippen LogP contribution in [0.1, 0.15) is 36.5 Å². The van der Waals surface area contributed by atoms with Gasteiger partial charge in [0.05, 0.1) is 11.7 Å². The molecule has 0 spiro atoms. The average Bonchev–Trinajstić information content (AvgIpc) is 2.84. The number of nitrogens with zero attached hydrogens (tertiary/aromatic N) is 4. The Morgan fingerprint density at radius 1 is 1.37 bits per heavy atom. The number of rotatable bonds is 6. The zero-order chi connectivity index (χ0) is 13.7. The van der Waals surface area contributed by atoms with Crippen LogP contribution >= 0.6 is 0 Å². The number of aryl methyl sites for hydroxylation is 2. The van der Waals surface area contributed by atoms with E-state index in [0.717, 1.165) is 30.9 Å². The summed E-state index contributed by atoms with van der Waals surface area (Å²) in [5.41, 5.74) is 2.27. The molecule has 2 heterocycles. The third-order valence-electron chi connectivity index (χ3n) is 3.16. The first-order valence-electron chi connectivity index (χ1n) is 6.71. The SMILES string of the molecule is CCCn1ncnc1CC(NC)c1cc(C)ccn1. The molecule has 0 bridgehead atoms. The van der Waals surface area contributed by atoms with Crippen LogP contribution in [0.2, 0.25) is 0 Å². The van der Waals surface area contributed by atoms with Gasteiger partial charge in [0.2, 0.25) is 0 Å². The van der Waals surface area contributed by atoms with E-state index < -0.39 is 0 Å². The predicted octanol–water partition coefficient (Wildman–Crippen LogP) is 1.89. The van der Waals surface area contributed by atoms with Gasteiger partial charge in [-0.15, -0.1) is 0 Å². The fourth-order valence-electron chi connectivity index (χ4n) is 2.13. The Morgan fingerprint density at radius 2 is 2.21 bits per heavy atom. The number of pyridine rings is 1. The van der Waals surface area contributed by atoms with Crippen LogP contribution in [0.25, 0.3) is 0 Å². The van der Waals surface area contributed by atoms with Crippen molar-refractivity contribution in [3.63, 3.8) is 0 Å². The van der Waals surface area contributed by atoms with Gasteiger partial charge in [0, 0.05) is 19.2 Å². The highest BCUT2D eigenvalue weighted by Gasteiger charge is 2.15. The van der Waals surface area contributed by atoms with Crippen molar-refractivity contribution in [1.29, 1.82) is 0 Å². The quantitative estimate of drug-likeness (QED) is 0.860. The smallest absolute Gasteiger partial charge is 0.138 e. The Balaban J connectivity index is 2.17. The molecule has 0 radical (unpaired) electrons. The molecular formula is C14H21N5. The van der Waals surface area contributed by atoms with E-state index in [2.05, 4.69) is 40.3 Å². The van der Waals surface area contributed by atoms with Gasteiger partial charge in [-0.2, -0.15) is 5.10 Å². The highest BCUT2D eigenvalue weighted by Crippen LogP contribution is 2.16. The summed E-state index contributed by atoms with van der Waals surface area (Å²) in [4.78, 5) is 8.80. The number of aromatic nitrogens is 4. The molecule has 1 atom stereocenters. The Kier molecular flexibility index (Phi) is 4.63. The fourth-order valence-corrected chi connectivity index (χ4v) is 2.13. The molecule has 1 N–H and O–H groups in total. The Morgan fingerprint density at radius 3 is 2.89 bits per heavy atom. The monoisotopic (exact) mass is 259 g/mol. The fraction of sp³-hybridized carbons (Fsp3) is 0.500. The number of hydrogen-bond donors (Lipinski definition) is 1. The summed E-state index contributed by atoms with van der Waals surface area (Å²) in [6.07, 6.45) is 5.34. The standard InChI is InChI=1S/C14H21N5/c1-4-7-19-14(17-10-18-19)9-12(15-3)13-8-11(2)5-6-16-13/h5-6,8,10,12,15H,4,7,9H2,1-3H3. The highest BCUT2D eigenvalue weighted by atomic mass is 15.3. The highest BCUT2D eigenvalue weighted by molar-refractivity contribution is 5.18. The van der Waals surface area contributed by atoms with Crippen LogP contribution in [0.3, 0.4) is 0 Å². The molecule has 0 aliphatic heterocycles. The third-order valence-corrected chi connectivity index (χ3v) is 3.16. The van der Waals surface area contributed by atoms with Crippen molar-refractivity contribution in [3.05, 3.63) is 41.7 Å². The Hall–Kier alpha value is -1.75. The van der Waals surface area contributed by atoms with Crippen molar-refractivity contribution in [2.75, 3.05) is 7.05 Å². The average molecular weight is 259 g/mol. The maximum atomic E-state index is 4.45. The van der Waals surface area contributed by atoms with E-state index in [1.807, 2.05) is 24.0 Å². The van der Waals surface area contributed by atoms with E-state index in [1.165, 1.54) is 5.56 Å². The van der Waals surface area contributed by atoms with E-state index >= 15 is 0 Å². The van der Waals surface area contributed by atoms with Crippen LogP contribution in [0.5, 0.6) is 0 Å². The van der Waals surface area contributed by atoms with Crippen molar-refractivity contribution in [1.82, 2.24) is 25.1 Å². The van der Waals surface area contributed by atoms with Gasteiger partial charge < -0.3 is 5.32 Å². The lowest BCUT2D eigenvalue weighted by atomic mass is 10.1. The second-order valence-corrected chi connectivity index (χ2v) is 4.70. The molecule has 2 aromatic heterocycles. The van der Waals surface area contributed by atoms with Gasteiger partial charge in [-0.3, -0.25) is 9.67 Å². The van der Waals surface area contributed by atoms with E-state index in [1.54, 1.807) is 6.33 Å². The van der Waals surface area contributed by atoms with E-state index in [0.29, 0.717) is 0 Å². The van der Waals surface area contributed by atoms with Crippen LogP contribution in [0.4, 0.5) is 0 Å². The van der Waals surface area contributed by atoms with Crippen molar-refractivity contribution in [3.8, 4) is 0 Å². The van der Waals surface area contributed by atoms with Gasteiger partial charge >= 0.3 is 0 Å². The molecule has 5 nitrogen and oxygen atoms in total. The Labute approximate surface area is 114 Å². The zero-order valence-corrected chi connectivity index (χ0v) is 11.8. The van der Waals surface area contributed by atoms with Crippen molar-refractivity contribution >= 4 is 0 Å². The molecule has 2 rings (SSSR count). The van der Waals surface area contributed by atoms with E-state index in [9.17, 15) is 0 Å². The normalized spacial score (nSPS) is 12.6. The number of nitrogens with one attached hydrogen (secondary N) is 1. The summed E-state index contributed by atoms with van der Waals surface area (Å²) >= 11 is 0. The van der Waals surface area contributed by atoms with Crippen LogP contribution < -0.4 is 5.32 Å². The molecule has 19 heavy (non-hydrogen) atoms. The molecule has 0 saturated heterocycles. The van der Waals surface area contributed by atoms with E-state index in [4.69, 9.17) is 0 Å². The summed E-state index contributed by atoms with van der Waals surface area (Å²) in [5, 5.41) is 7.57. The van der Waals surface area contributed by atoms with Gasteiger partial charge in [0.25, 0.3) is 0 Å². The molecule has 0 saturated carbocycles. The van der Waals surface area contributed by atoms with Crippen molar-refractivity contribution in [2.24, 2.45) is 0 Å². The van der Waals surface area contributed by atoms with Crippen LogP contribution in [-0.4, -0.2) is 26.8 Å². The molecular weight excluding hydrogens is 238 g/mol. The number of hydrogen-bond acceptors (Lipinski definition) is 4. The minimum Gasteiger partial charge on any atom is -0.311 e. The van der Waals surface area contributed by atoms with Gasteiger partial charge in [-0.05, 0) is 38.1 Å². The molecule has 0 amide bonds. The molecule has 0 aromatic carbocycles. The maximum Gasteiger partial charge on any atom is 0.138 e. The lowest BCUT2D eigenvalue weighted by Crippen LogP contribution is -2.22. The van der Waals surface area contributed by atoms with Crippen LogP contribution in [0.15, 0.2) is 24.7 Å². The number of likely N-dealkylation sites (N-methyl/N-ethyl adjacent to an activating group) is 1. The summed E-state index contributed by atoms with van der Waals surface area (Å²) in [5.74, 6) is 1.00. The topological polar surface area (TPSA) is 55.6 Å². The third kappa shape index (κ3) is 3.38. The van der Waals surface area contributed by atoms with Crippen LogP contribution in [-0.2, 0) is 13.0 Å². The summed E-state index contributed by atoms with van der Waals surface area (Å²) in [7, 11) is 1.95. The largest absolute Gasteiger partial charge is 0.311 e. The van der Waals surface area contributed by atoms with Crippen molar-refractivity contribution in [2.45, 2.75) is 39.3 Å². The minimum absolute atomic E-state index is 0.166. The van der Waals surface area contributed by atoms with Crippen molar-refractivity contribution < 1.29 is 0 Å². The molecule has 2 aromatic rings. The lowest BCUT2D eigenvalue weighted by molar-refractivity contribution is 0.510. The summed E-state index contributed by atoms with van der Waals surface area (Å²) < 4.78 is 1.97. The molecule has 0 fully saturated rings. The summed E-state index contributed by atoms with van der Waals surface area (Å²) in [6.45, 7) is 5.13. The van der Waals surface area contributed by atoms with Crippen LogP contribution in [0, 0.1) is 6.92 Å². The molecule has 102 valence electrons. The first-order chi connectivity index (χ1) is 9.24. The Bertz CT molecular complexity index is 520. The maximum absolute atomic E-state index is 4.45. The molecule has 1 unspecified atom stereocenters. The van der Waals surface area contributed by atoms with Gasteiger partial charge in [-0.1, -0.05) is 6.92 Å². The summed E-state index contributed by atoms with van der Waals surface area (Å²) in [6, 6.07) is 4.29. The second-order valence-electron chi connectivity index (χ2n) is 4.70. The molecule has 0 aliphatic rings. The van der Waals surface area contributed by atoms with Gasteiger partial charge in [0.1, 0.15) is 12.2 Å². The predicted molar refractivity (Wildman–Crippen MR) is 74.8 cm³/mol.